The normalized spacial score (nSPS) is 47.1. The van der Waals surface area contributed by atoms with Gasteiger partial charge in [-0.15, -0.1) is 0 Å². The zero-order valence-electron chi connectivity index (χ0n) is 36.4. The molecule has 322 valence electrons. The molecule has 0 bridgehead atoms. The van der Waals surface area contributed by atoms with E-state index >= 15 is 0 Å². The molecule has 3 N–H and O–H groups in total. The fourth-order valence-corrected chi connectivity index (χ4v) is 9.12. The van der Waals surface area contributed by atoms with Gasteiger partial charge in [-0.2, -0.15) is 0 Å². The van der Waals surface area contributed by atoms with Crippen molar-refractivity contribution in [2.24, 2.45) is 23.7 Å². The third kappa shape index (κ3) is 10.7. The van der Waals surface area contributed by atoms with E-state index in [2.05, 4.69) is 0 Å². The molecule has 3 aliphatic rings. The molecule has 0 radical (unpaired) electrons. The van der Waals surface area contributed by atoms with E-state index in [9.17, 15) is 24.9 Å². The molecular formula is C41H75NO13. The summed E-state index contributed by atoms with van der Waals surface area (Å²) in [6.45, 7) is 21.4. The van der Waals surface area contributed by atoms with Gasteiger partial charge in [0.2, 0.25) is 0 Å². The fourth-order valence-electron chi connectivity index (χ4n) is 9.12. The van der Waals surface area contributed by atoms with Crippen LogP contribution in [-0.4, -0.2) is 151 Å². The molecular weight excluding hydrogens is 714 g/mol. The molecule has 14 nitrogen and oxygen atoms in total. The number of aliphatic hydroxyl groups excluding tert-OH is 2. The summed E-state index contributed by atoms with van der Waals surface area (Å²) >= 11 is 0. The molecule has 0 aliphatic carbocycles. The van der Waals surface area contributed by atoms with Crippen LogP contribution in [0.2, 0.25) is 0 Å². The zero-order valence-corrected chi connectivity index (χ0v) is 36.4. The van der Waals surface area contributed by atoms with Crippen LogP contribution in [0.3, 0.4) is 0 Å². The summed E-state index contributed by atoms with van der Waals surface area (Å²) in [5.41, 5.74) is -3.99. The van der Waals surface area contributed by atoms with Crippen LogP contribution in [0.5, 0.6) is 0 Å². The van der Waals surface area contributed by atoms with Crippen molar-refractivity contribution in [1.29, 1.82) is 0 Å². The van der Waals surface area contributed by atoms with Gasteiger partial charge in [-0.25, -0.2) is 0 Å². The molecule has 3 heterocycles. The molecule has 3 saturated heterocycles. The monoisotopic (exact) mass is 790 g/mol. The van der Waals surface area contributed by atoms with Crippen molar-refractivity contribution in [3.63, 3.8) is 0 Å². The predicted octanol–water partition coefficient (Wildman–Crippen LogP) is 3.87. The van der Waals surface area contributed by atoms with Crippen LogP contribution in [0.1, 0.15) is 109 Å². The summed E-state index contributed by atoms with van der Waals surface area (Å²) < 4.78 is 50.8. The second-order valence-corrected chi connectivity index (χ2v) is 17.8. The number of carbonyl (C=O) groups is 2. The van der Waals surface area contributed by atoms with E-state index in [0.29, 0.717) is 6.42 Å². The molecule has 55 heavy (non-hydrogen) atoms. The largest absolute Gasteiger partial charge is 0.459 e. The number of aliphatic hydroxyl groups is 3. The van der Waals surface area contributed by atoms with Crippen LogP contribution in [0, 0.1) is 23.7 Å². The summed E-state index contributed by atoms with van der Waals surface area (Å²) in [7, 11) is 6.85. The molecule has 0 saturated carbocycles. The summed E-state index contributed by atoms with van der Waals surface area (Å²) in [4.78, 5) is 30.8. The van der Waals surface area contributed by atoms with Crippen molar-refractivity contribution < 1.29 is 62.8 Å². The average Bonchev–Trinajstić information content (AvgIpc) is 3.11. The predicted molar refractivity (Wildman–Crippen MR) is 205 cm³/mol. The van der Waals surface area contributed by atoms with Crippen molar-refractivity contribution >= 4 is 11.8 Å². The fraction of sp³-hybridized carbons (Fsp3) is 0.951. The van der Waals surface area contributed by atoms with Crippen LogP contribution < -0.4 is 0 Å². The van der Waals surface area contributed by atoms with E-state index in [1.165, 1.54) is 7.11 Å². The highest BCUT2D eigenvalue weighted by atomic mass is 16.7. The molecule has 0 aromatic heterocycles. The Morgan fingerprint density at radius 1 is 0.873 bits per heavy atom. The van der Waals surface area contributed by atoms with Crippen molar-refractivity contribution in [2.75, 3.05) is 28.3 Å². The summed E-state index contributed by atoms with van der Waals surface area (Å²) in [6.07, 6.45) is -8.12. The van der Waals surface area contributed by atoms with Gasteiger partial charge in [-0.05, 0) is 88.7 Å². The molecule has 14 heteroatoms. The van der Waals surface area contributed by atoms with Gasteiger partial charge in [0.15, 0.2) is 12.6 Å². The zero-order chi connectivity index (χ0) is 42.0. The van der Waals surface area contributed by atoms with Gasteiger partial charge >= 0.3 is 5.97 Å². The first-order valence-electron chi connectivity index (χ1n) is 20.3. The summed E-state index contributed by atoms with van der Waals surface area (Å²) in [5, 5.41) is 34.8. The first kappa shape index (κ1) is 48.1. The van der Waals surface area contributed by atoms with Gasteiger partial charge in [-0.1, -0.05) is 27.7 Å². The maximum atomic E-state index is 14.4. The molecule has 3 aliphatic heterocycles. The second kappa shape index (κ2) is 19.2. The van der Waals surface area contributed by atoms with Crippen LogP contribution in [0.4, 0.5) is 0 Å². The standard InChI is InChI=1S/C41H75NO13/c1-17-29-41(12,47)36(50-21(2)3)24(6)31(43)22(4)19-40(11,49-16)35(55-38-32(44)28(42(13)14)18-23(5)51-38)25(7)33(26(8)37(46)53-29)54-30-20-39(10,48-15)34(45)27(9)52-30/h21-30,32-36,38,44-45,47H,17-20H2,1-16H3/t22-,23-,24+,25+,26-,27+,28+,29-,30+,32-,33+,34+,35-,36-,38+,39-,40+,41-/m1/s1. The maximum Gasteiger partial charge on any atom is 0.311 e. The second-order valence-electron chi connectivity index (χ2n) is 17.8. The maximum absolute atomic E-state index is 14.4. The van der Waals surface area contributed by atoms with E-state index in [0.717, 1.165) is 0 Å². The number of likely N-dealkylation sites (N-methyl/N-ethyl adjacent to an activating group) is 1. The number of nitrogens with zero attached hydrogens (tertiary/aromatic N) is 1. The number of hydrogen-bond acceptors (Lipinski definition) is 14. The third-order valence-corrected chi connectivity index (χ3v) is 12.6. The minimum Gasteiger partial charge on any atom is -0.459 e. The SMILES string of the molecule is CC[C@H]1OC(=O)[C@H](C)[C@@H](O[C@H]2C[C@@](C)(OC)[C@@H](O)[C@H](C)O2)[C@H](C)[C@@H](O[C@@H]2O[C@H](C)C[C@H](N(C)C)[C@H]2O)[C@@](C)(OC)C[C@@H](C)C(=O)[C@H](C)[C@@H](OC(C)C)[C@]1(C)O. The Morgan fingerprint density at radius 3 is 2.00 bits per heavy atom. The molecule has 3 fully saturated rings. The van der Waals surface area contributed by atoms with Crippen molar-refractivity contribution in [3.05, 3.63) is 0 Å². The number of Topliss-reactive ketones (excluding diaryl/α,β-unsaturated/α-hetero) is 1. The van der Waals surface area contributed by atoms with Crippen molar-refractivity contribution in [3.8, 4) is 0 Å². The third-order valence-electron chi connectivity index (χ3n) is 12.6. The lowest BCUT2D eigenvalue weighted by Crippen LogP contribution is -2.61. The number of rotatable bonds is 10. The Hall–Kier alpha value is -1.30. The minimum atomic E-state index is -1.75. The number of hydrogen-bond donors (Lipinski definition) is 3. The highest BCUT2D eigenvalue weighted by molar-refractivity contribution is 5.83. The van der Waals surface area contributed by atoms with Gasteiger partial charge in [0.05, 0.1) is 53.7 Å². The summed E-state index contributed by atoms with van der Waals surface area (Å²) in [6, 6.07) is -0.273. The molecule has 18 atom stereocenters. The van der Waals surface area contributed by atoms with Gasteiger partial charge in [0.25, 0.3) is 0 Å². The van der Waals surface area contributed by atoms with Crippen LogP contribution >= 0.6 is 0 Å². The Balaban J connectivity index is 2.26. The topological polar surface area (TPSA) is 172 Å². The van der Waals surface area contributed by atoms with Crippen molar-refractivity contribution in [1.82, 2.24) is 4.90 Å². The number of esters is 1. The lowest BCUT2D eigenvalue weighted by Gasteiger charge is -2.50. The van der Waals surface area contributed by atoms with Gasteiger partial charge < -0.3 is 58.1 Å². The Kier molecular flexibility index (Phi) is 16.8. The van der Waals surface area contributed by atoms with E-state index in [4.69, 9.17) is 37.9 Å². The quantitative estimate of drug-likeness (QED) is 0.273. The van der Waals surface area contributed by atoms with E-state index in [-0.39, 0.29) is 43.3 Å². The first-order valence-corrected chi connectivity index (χ1v) is 20.3. The highest BCUT2D eigenvalue weighted by Crippen LogP contribution is 2.42. The molecule has 0 aromatic carbocycles. The van der Waals surface area contributed by atoms with E-state index in [1.54, 1.807) is 48.7 Å². The Morgan fingerprint density at radius 2 is 1.47 bits per heavy atom. The molecule has 0 spiro atoms. The Labute approximate surface area is 330 Å². The van der Waals surface area contributed by atoms with Crippen molar-refractivity contribution in [2.45, 2.75) is 199 Å². The van der Waals surface area contributed by atoms with Crippen LogP contribution in [0.25, 0.3) is 0 Å². The average molecular weight is 790 g/mol. The highest BCUT2D eigenvalue weighted by Gasteiger charge is 2.54. The lowest BCUT2D eigenvalue weighted by molar-refractivity contribution is -0.319. The number of ether oxygens (including phenoxy) is 8. The number of carbonyl (C=O) groups excluding carboxylic acids is 2. The van der Waals surface area contributed by atoms with Crippen LogP contribution in [-0.2, 0) is 47.5 Å². The van der Waals surface area contributed by atoms with E-state index < -0.39 is 102 Å². The number of cyclic esters (lactones) is 1. The van der Waals surface area contributed by atoms with Gasteiger partial charge in [-0.3, -0.25) is 9.59 Å². The van der Waals surface area contributed by atoms with E-state index in [1.807, 2.05) is 60.5 Å². The molecule has 0 unspecified atom stereocenters. The molecule has 0 aromatic rings. The molecule has 3 rings (SSSR count). The number of methoxy groups -OCH3 is 2. The number of ketones is 1. The molecule has 0 amide bonds. The van der Waals surface area contributed by atoms with Gasteiger partial charge in [0, 0.05) is 44.4 Å². The Bertz CT molecular complexity index is 1250. The smallest absolute Gasteiger partial charge is 0.311 e. The van der Waals surface area contributed by atoms with Gasteiger partial charge in [0.1, 0.15) is 29.7 Å². The summed E-state index contributed by atoms with van der Waals surface area (Å²) in [5.74, 6) is -3.90. The minimum absolute atomic E-state index is 0.142. The van der Waals surface area contributed by atoms with Crippen LogP contribution in [0.15, 0.2) is 0 Å². The lowest BCUT2D eigenvalue weighted by atomic mass is 9.73. The first-order chi connectivity index (χ1) is 25.4.